The molecule has 1 aliphatic heterocycles. The minimum absolute atomic E-state index is 0.167. The molecule has 0 bridgehead atoms. The number of ether oxygens (including phenoxy) is 2. The van der Waals surface area contributed by atoms with Gasteiger partial charge < -0.3 is 14.4 Å². The van der Waals surface area contributed by atoms with E-state index in [1.54, 1.807) is 18.6 Å². The molecule has 0 radical (unpaired) electrons. The van der Waals surface area contributed by atoms with Crippen molar-refractivity contribution in [3.63, 3.8) is 0 Å². The first-order chi connectivity index (χ1) is 10.5. The van der Waals surface area contributed by atoms with Crippen LogP contribution in [0.25, 0.3) is 0 Å². The van der Waals surface area contributed by atoms with Gasteiger partial charge in [-0.15, -0.1) is 0 Å². The molecular weight excluding hydrogens is 282 g/mol. The van der Waals surface area contributed by atoms with Gasteiger partial charge in [0.25, 0.3) is 0 Å². The lowest BCUT2D eigenvalue weighted by Gasteiger charge is -2.36. The monoisotopic (exact) mass is 307 g/mol. The number of likely N-dealkylation sites (tertiary alicyclic amines) is 1. The maximum Gasteiger partial charge on any atom is 0.410 e. The summed E-state index contributed by atoms with van der Waals surface area (Å²) in [7, 11) is 0. The summed E-state index contributed by atoms with van der Waals surface area (Å²) in [5.41, 5.74) is -0.463. The van der Waals surface area contributed by atoms with Crippen LogP contribution in [0.1, 0.15) is 46.5 Å². The Hall–Kier alpha value is -1.85. The number of rotatable bonds is 4. The van der Waals surface area contributed by atoms with Crippen LogP contribution in [0.5, 0.6) is 5.88 Å². The number of hydrogen-bond donors (Lipinski definition) is 0. The van der Waals surface area contributed by atoms with E-state index in [2.05, 4.69) is 9.97 Å². The van der Waals surface area contributed by atoms with Crippen molar-refractivity contribution in [1.29, 1.82) is 0 Å². The van der Waals surface area contributed by atoms with Gasteiger partial charge >= 0.3 is 6.09 Å². The third kappa shape index (κ3) is 5.16. The topological polar surface area (TPSA) is 64.5 Å². The molecule has 0 saturated carbocycles. The SMILES string of the molecule is CC(C)(C)OC(=O)N1CCCC[C@@H]1CCOc1cnccn1. The lowest BCUT2D eigenvalue weighted by Crippen LogP contribution is -2.46. The van der Waals surface area contributed by atoms with Crippen LogP contribution in [0.15, 0.2) is 18.6 Å². The molecule has 122 valence electrons. The zero-order valence-electron chi connectivity index (χ0n) is 13.6. The molecule has 0 unspecified atom stereocenters. The maximum absolute atomic E-state index is 12.3. The summed E-state index contributed by atoms with van der Waals surface area (Å²) < 4.78 is 11.1. The minimum atomic E-state index is -0.463. The number of carbonyl (C=O) groups excluding carboxylic acids is 1. The largest absolute Gasteiger partial charge is 0.476 e. The van der Waals surface area contributed by atoms with Crippen LogP contribution in [-0.4, -0.2) is 45.8 Å². The van der Waals surface area contributed by atoms with E-state index in [1.807, 2.05) is 25.7 Å². The molecule has 1 fully saturated rings. The number of nitrogens with zero attached hydrogens (tertiary/aromatic N) is 3. The normalized spacial score (nSPS) is 18.9. The second-order valence-electron chi connectivity index (χ2n) is 6.50. The van der Waals surface area contributed by atoms with E-state index in [0.29, 0.717) is 12.5 Å². The summed E-state index contributed by atoms with van der Waals surface area (Å²) in [6.45, 7) is 6.94. The average molecular weight is 307 g/mol. The third-order valence-corrected chi connectivity index (χ3v) is 3.50. The quantitative estimate of drug-likeness (QED) is 0.855. The van der Waals surface area contributed by atoms with Crippen LogP contribution in [0.2, 0.25) is 0 Å². The lowest BCUT2D eigenvalue weighted by molar-refractivity contribution is 0.00737. The predicted molar refractivity (Wildman–Crippen MR) is 82.7 cm³/mol. The highest BCUT2D eigenvalue weighted by Gasteiger charge is 2.30. The van der Waals surface area contributed by atoms with Gasteiger partial charge in [0.2, 0.25) is 5.88 Å². The molecule has 1 aliphatic rings. The molecule has 6 heteroatoms. The molecule has 0 aromatic carbocycles. The van der Waals surface area contributed by atoms with Gasteiger partial charge in [-0.2, -0.15) is 0 Å². The Morgan fingerprint density at radius 2 is 2.18 bits per heavy atom. The standard InChI is InChI=1S/C16H25N3O3/c1-16(2,3)22-15(20)19-10-5-4-6-13(19)7-11-21-14-12-17-8-9-18-14/h8-9,12-13H,4-7,10-11H2,1-3H3/t13-/m1/s1. The van der Waals surface area contributed by atoms with Crippen molar-refractivity contribution in [2.75, 3.05) is 13.2 Å². The number of carbonyl (C=O) groups is 1. The second kappa shape index (κ2) is 7.42. The van der Waals surface area contributed by atoms with Crippen LogP contribution in [0.4, 0.5) is 4.79 Å². The maximum atomic E-state index is 12.3. The summed E-state index contributed by atoms with van der Waals surface area (Å²) in [6.07, 6.45) is 8.50. The number of aromatic nitrogens is 2. The van der Waals surface area contributed by atoms with E-state index in [4.69, 9.17) is 9.47 Å². The minimum Gasteiger partial charge on any atom is -0.476 e. The van der Waals surface area contributed by atoms with Gasteiger partial charge in [-0.3, -0.25) is 4.98 Å². The van der Waals surface area contributed by atoms with Crippen molar-refractivity contribution in [1.82, 2.24) is 14.9 Å². The first-order valence-corrected chi connectivity index (χ1v) is 7.84. The van der Waals surface area contributed by atoms with Gasteiger partial charge in [0.15, 0.2) is 0 Å². The highest BCUT2D eigenvalue weighted by molar-refractivity contribution is 5.68. The highest BCUT2D eigenvalue weighted by Crippen LogP contribution is 2.22. The van der Waals surface area contributed by atoms with Crippen molar-refractivity contribution in [2.45, 2.75) is 58.1 Å². The molecule has 2 rings (SSSR count). The summed E-state index contributed by atoms with van der Waals surface area (Å²) in [4.78, 5) is 22.2. The fraction of sp³-hybridized carbons (Fsp3) is 0.688. The van der Waals surface area contributed by atoms with Crippen molar-refractivity contribution >= 4 is 6.09 Å². The molecule has 0 N–H and O–H groups in total. The van der Waals surface area contributed by atoms with Crippen molar-refractivity contribution in [3.8, 4) is 5.88 Å². The van der Waals surface area contributed by atoms with Crippen molar-refractivity contribution in [3.05, 3.63) is 18.6 Å². The van der Waals surface area contributed by atoms with Gasteiger partial charge in [-0.1, -0.05) is 0 Å². The molecule has 1 atom stereocenters. The van der Waals surface area contributed by atoms with Crippen molar-refractivity contribution < 1.29 is 14.3 Å². The Kier molecular flexibility index (Phi) is 5.57. The van der Waals surface area contributed by atoms with Crippen LogP contribution < -0.4 is 4.74 Å². The first kappa shape index (κ1) is 16.5. The van der Waals surface area contributed by atoms with E-state index in [1.165, 1.54) is 0 Å². The zero-order valence-corrected chi connectivity index (χ0v) is 13.6. The summed E-state index contributed by atoms with van der Waals surface area (Å²) in [6, 6.07) is 0.167. The summed E-state index contributed by atoms with van der Waals surface area (Å²) in [5.74, 6) is 0.516. The van der Waals surface area contributed by atoms with Crippen LogP contribution in [0.3, 0.4) is 0 Å². The van der Waals surface area contributed by atoms with E-state index in [0.717, 1.165) is 32.2 Å². The molecule has 1 amide bonds. The fourth-order valence-electron chi connectivity index (χ4n) is 2.52. The molecule has 1 aromatic heterocycles. The van der Waals surface area contributed by atoms with E-state index < -0.39 is 5.60 Å². The third-order valence-electron chi connectivity index (χ3n) is 3.50. The Balaban J connectivity index is 1.85. The molecule has 6 nitrogen and oxygen atoms in total. The van der Waals surface area contributed by atoms with Crippen molar-refractivity contribution in [2.24, 2.45) is 0 Å². The molecular formula is C16H25N3O3. The number of amides is 1. The van der Waals surface area contributed by atoms with Crippen LogP contribution in [0, 0.1) is 0 Å². The Labute approximate surface area is 131 Å². The zero-order chi connectivity index (χ0) is 16.0. The summed E-state index contributed by atoms with van der Waals surface area (Å²) >= 11 is 0. The van der Waals surface area contributed by atoms with Gasteiger partial charge in [-0.25, -0.2) is 9.78 Å². The fourth-order valence-corrected chi connectivity index (χ4v) is 2.52. The summed E-state index contributed by atoms with van der Waals surface area (Å²) in [5, 5.41) is 0. The molecule has 1 aromatic rings. The van der Waals surface area contributed by atoms with Crippen LogP contribution >= 0.6 is 0 Å². The van der Waals surface area contributed by atoms with Gasteiger partial charge in [0, 0.05) is 31.4 Å². The molecule has 0 aliphatic carbocycles. The molecule has 0 spiro atoms. The Morgan fingerprint density at radius 1 is 1.36 bits per heavy atom. The number of hydrogen-bond acceptors (Lipinski definition) is 5. The smallest absolute Gasteiger partial charge is 0.410 e. The van der Waals surface area contributed by atoms with E-state index in [9.17, 15) is 4.79 Å². The molecule has 2 heterocycles. The van der Waals surface area contributed by atoms with E-state index in [-0.39, 0.29) is 12.1 Å². The number of piperidine rings is 1. The van der Waals surface area contributed by atoms with E-state index >= 15 is 0 Å². The average Bonchev–Trinajstić information content (AvgIpc) is 2.47. The van der Waals surface area contributed by atoms with Gasteiger partial charge in [-0.05, 0) is 40.0 Å². The predicted octanol–water partition coefficient (Wildman–Crippen LogP) is 3.04. The Morgan fingerprint density at radius 3 is 2.86 bits per heavy atom. The highest BCUT2D eigenvalue weighted by atomic mass is 16.6. The van der Waals surface area contributed by atoms with Crippen LogP contribution in [-0.2, 0) is 4.74 Å². The first-order valence-electron chi connectivity index (χ1n) is 7.84. The lowest BCUT2D eigenvalue weighted by atomic mass is 10.0. The van der Waals surface area contributed by atoms with Gasteiger partial charge in [0.1, 0.15) is 5.60 Å². The van der Waals surface area contributed by atoms with Gasteiger partial charge in [0.05, 0.1) is 12.8 Å². The molecule has 1 saturated heterocycles. The molecule has 22 heavy (non-hydrogen) atoms. The second-order valence-corrected chi connectivity index (χ2v) is 6.50. The Bertz CT molecular complexity index is 473.